The molecule has 0 saturated carbocycles. The smallest absolute Gasteiger partial charge is 0.125 e. The van der Waals surface area contributed by atoms with Crippen LogP contribution in [0.1, 0.15) is 19.4 Å². The lowest BCUT2D eigenvalue weighted by atomic mass is 10.2. The van der Waals surface area contributed by atoms with E-state index in [1.807, 2.05) is 13.8 Å². The Bertz CT molecular complexity index is 193. The normalized spacial score (nSPS) is 8.67. The third kappa shape index (κ3) is 4.42. The van der Waals surface area contributed by atoms with E-state index in [0.29, 0.717) is 0 Å². The zero-order chi connectivity index (χ0) is 9.40. The van der Waals surface area contributed by atoms with Crippen LogP contribution in [-0.4, -0.2) is 5.88 Å². The molecule has 0 bridgehead atoms. The highest BCUT2D eigenvalue weighted by atomic mass is 32.2. The summed E-state index contributed by atoms with van der Waals surface area (Å²) in [5.74, 6) is 0.906. The molecule has 1 rings (SSSR count). The Morgan fingerprint density at radius 2 is 1.67 bits per heavy atom. The summed E-state index contributed by atoms with van der Waals surface area (Å²) in [5, 5.41) is 0. The summed E-state index contributed by atoms with van der Waals surface area (Å²) in [7, 11) is 0. The number of hydrogen-bond donors (Lipinski definition) is 1. The second-order valence-corrected chi connectivity index (χ2v) is 3.33. The zero-order valence-electron chi connectivity index (χ0n) is 8.13. The van der Waals surface area contributed by atoms with Crippen LogP contribution in [0.4, 0.5) is 0 Å². The molecule has 12 heavy (non-hydrogen) atoms. The van der Waals surface area contributed by atoms with E-state index < -0.39 is 0 Å². The number of quaternary nitrogens is 1. The first-order valence-corrected chi connectivity index (χ1v) is 5.30. The van der Waals surface area contributed by atoms with Gasteiger partial charge in [-0.15, -0.1) is 0 Å². The third-order valence-corrected chi connectivity index (χ3v) is 2.10. The molecular formula is C10H18NS+. The second kappa shape index (κ2) is 7.19. The predicted molar refractivity (Wildman–Crippen MR) is 56.1 cm³/mol. The van der Waals surface area contributed by atoms with Gasteiger partial charge in [-0.05, 0) is 19.1 Å². The third-order valence-electron chi connectivity index (χ3n) is 1.29. The minimum absolute atomic E-state index is 0.906. The van der Waals surface area contributed by atoms with Crippen LogP contribution < -0.4 is 5.73 Å². The lowest BCUT2D eigenvalue weighted by molar-refractivity contribution is -0.338. The minimum Gasteiger partial charge on any atom is -0.349 e. The summed E-state index contributed by atoms with van der Waals surface area (Å²) in [5.41, 5.74) is 5.08. The fourth-order valence-corrected chi connectivity index (χ4v) is 1.32. The Morgan fingerprint density at radius 3 is 2.08 bits per heavy atom. The van der Waals surface area contributed by atoms with Crippen molar-refractivity contribution in [1.82, 2.24) is 0 Å². The molecule has 0 aliphatic carbocycles. The van der Waals surface area contributed by atoms with Gasteiger partial charge in [-0.2, -0.15) is 0 Å². The Kier molecular flexibility index (Phi) is 6.91. The SMILES string of the molecule is CC.Cc1ccc(SC[NH3+])cc1. The molecule has 3 N–H and O–H groups in total. The zero-order valence-corrected chi connectivity index (χ0v) is 8.95. The van der Waals surface area contributed by atoms with E-state index in [-0.39, 0.29) is 0 Å². The number of benzene rings is 1. The average molecular weight is 184 g/mol. The summed E-state index contributed by atoms with van der Waals surface area (Å²) >= 11 is 1.77. The van der Waals surface area contributed by atoms with Crippen molar-refractivity contribution >= 4 is 11.8 Å². The fourth-order valence-electron chi connectivity index (χ4n) is 0.752. The maximum absolute atomic E-state index is 3.77. The maximum Gasteiger partial charge on any atom is 0.125 e. The summed E-state index contributed by atoms with van der Waals surface area (Å²) in [4.78, 5) is 1.31. The molecule has 2 heteroatoms. The molecule has 1 aromatic carbocycles. The highest BCUT2D eigenvalue weighted by Gasteiger charge is 1.90. The molecule has 1 nitrogen and oxygen atoms in total. The van der Waals surface area contributed by atoms with E-state index in [0.717, 1.165) is 5.88 Å². The van der Waals surface area contributed by atoms with Crippen LogP contribution >= 0.6 is 11.8 Å². The van der Waals surface area contributed by atoms with Crippen molar-refractivity contribution in [2.24, 2.45) is 0 Å². The van der Waals surface area contributed by atoms with Gasteiger partial charge >= 0.3 is 0 Å². The van der Waals surface area contributed by atoms with Crippen molar-refractivity contribution in [1.29, 1.82) is 0 Å². The van der Waals surface area contributed by atoms with E-state index in [4.69, 9.17) is 0 Å². The van der Waals surface area contributed by atoms with Crippen LogP contribution in [-0.2, 0) is 0 Å². The second-order valence-electron chi connectivity index (χ2n) is 2.16. The van der Waals surface area contributed by atoms with Gasteiger partial charge in [0.2, 0.25) is 0 Å². The highest BCUT2D eigenvalue weighted by Crippen LogP contribution is 2.15. The van der Waals surface area contributed by atoms with Crippen LogP contribution in [0.15, 0.2) is 29.2 Å². The number of hydrogen-bond acceptors (Lipinski definition) is 1. The quantitative estimate of drug-likeness (QED) is 0.554. The molecule has 0 fully saturated rings. The lowest BCUT2D eigenvalue weighted by Gasteiger charge is -1.95. The van der Waals surface area contributed by atoms with Crippen molar-refractivity contribution in [2.75, 3.05) is 5.88 Å². The standard InChI is InChI=1S/C8H11NS.C2H6/c1-7-2-4-8(5-3-7)10-6-9;1-2/h2-5H,6,9H2,1H3;1-2H3/p+1. The van der Waals surface area contributed by atoms with Crippen LogP contribution in [0.5, 0.6) is 0 Å². The molecule has 0 unspecified atom stereocenters. The first-order chi connectivity index (χ1) is 5.83. The van der Waals surface area contributed by atoms with Crippen molar-refractivity contribution in [3.8, 4) is 0 Å². The van der Waals surface area contributed by atoms with Gasteiger partial charge in [-0.3, -0.25) is 0 Å². The molecule has 0 aliphatic rings. The van der Waals surface area contributed by atoms with E-state index in [2.05, 4.69) is 36.9 Å². The summed E-state index contributed by atoms with van der Waals surface area (Å²) in [6.45, 7) is 6.10. The molecule has 0 heterocycles. The molecule has 0 radical (unpaired) electrons. The Hall–Kier alpha value is -0.470. The van der Waals surface area contributed by atoms with Crippen molar-refractivity contribution in [3.05, 3.63) is 29.8 Å². The molecular weight excluding hydrogens is 166 g/mol. The first-order valence-electron chi connectivity index (χ1n) is 4.31. The van der Waals surface area contributed by atoms with Crippen LogP contribution in [0.25, 0.3) is 0 Å². The lowest BCUT2D eigenvalue weighted by Crippen LogP contribution is -2.48. The number of aryl methyl sites for hydroxylation is 1. The van der Waals surface area contributed by atoms with E-state index in [1.165, 1.54) is 10.5 Å². The van der Waals surface area contributed by atoms with Crippen molar-refractivity contribution in [3.63, 3.8) is 0 Å². The molecule has 1 aromatic rings. The summed E-state index contributed by atoms with van der Waals surface area (Å²) in [6.07, 6.45) is 0. The first kappa shape index (κ1) is 11.5. The van der Waals surface area contributed by atoms with Crippen LogP contribution in [0.3, 0.4) is 0 Å². The molecule has 0 aromatic heterocycles. The monoisotopic (exact) mass is 184 g/mol. The van der Waals surface area contributed by atoms with Gasteiger partial charge in [0.1, 0.15) is 5.88 Å². The van der Waals surface area contributed by atoms with Crippen molar-refractivity contribution in [2.45, 2.75) is 25.7 Å². The average Bonchev–Trinajstić information content (AvgIpc) is 2.13. The van der Waals surface area contributed by atoms with E-state index >= 15 is 0 Å². The van der Waals surface area contributed by atoms with Gasteiger partial charge in [0.05, 0.1) is 0 Å². The summed E-state index contributed by atoms with van der Waals surface area (Å²) < 4.78 is 0. The number of rotatable bonds is 2. The Labute approximate surface area is 79.4 Å². The van der Waals surface area contributed by atoms with E-state index in [9.17, 15) is 0 Å². The van der Waals surface area contributed by atoms with Crippen LogP contribution in [0.2, 0.25) is 0 Å². The van der Waals surface area contributed by atoms with Gasteiger partial charge in [-0.1, -0.05) is 43.3 Å². The largest absolute Gasteiger partial charge is 0.349 e. The number of thioether (sulfide) groups is 1. The van der Waals surface area contributed by atoms with E-state index in [1.54, 1.807) is 11.8 Å². The summed E-state index contributed by atoms with van der Waals surface area (Å²) in [6, 6.07) is 8.51. The Morgan fingerprint density at radius 1 is 1.17 bits per heavy atom. The van der Waals surface area contributed by atoms with Gasteiger partial charge in [-0.25, -0.2) is 0 Å². The molecule has 0 saturated heterocycles. The van der Waals surface area contributed by atoms with Gasteiger partial charge in [0, 0.05) is 4.90 Å². The topological polar surface area (TPSA) is 27.6 Å². The molecule has 0 atom stereocenters. The van der Waals surface area contributed by atoms with Gasteiger partial charge in [0.15, 0.2) is 0 Å². The molecule has 0 spiro atoms. The molecule has 68 valence electrons. The molecule has 0 amide bonds. The van der Waals surface area contributed by atoms with Crippen LogP contribution in [0, 0.1) is 6.92 Å². The maximum atomic E-state index is 3.77. The van der Waals surface area contributed by atoms with Gasteiger partial charge < -0.3 is 5.73 Å². The minimum atomic E-state index is 0.906. The fraction of sp³-hybridized carbons (Fsp3) is 0.400. The Balaban J connectivity index is 0.000000561. The predicted octanol–water partition coefficient (Wildman–Crippen LogP) is 2.31. The van der Waals surface area contributed by atoms with Crippen molar-refractivity contribution < 1.29 is 5.73 Å². The highest BCUT2D eigenvalue weighted by molar-refractivity contribution is 7.99. The van der Waals surface area contributed by atoms with Gasteiger partial charge in [0.25, 0.3) is 0 Å². The molecule has 0 aliphatic heterocycles.